The molecular formula is C10H14ClN3O. The zero-order valence-corrected chi connectivity index (χ0v) is 9.23. The van der Waals surface area contributed by atoms with E-state index in [1.165, 1.54) is 0 Å². The number of hydrogen-bond acceptors (Lipinski definition) is 1. The SMILES string of the molecule is C=C[n+]1ccn(CN2CCCC2=O)c1.[Cl-]. The van der Waals surface area contributed by atoms with Crippen LogP contribution in [0.15, 0.2) is 25.3 Å². The average molecular weight is 228 g/mol. The van der Waals surface area contributed by atoms with Crippen molar-refractivity contribution in [2.24, 2.45) is 0 Å². The highest BCUT2D eigenvalue weighted by Gasteiger charge is 2.21. The fourth-order valence-corrected chi connectivity index (χ4v) is 1.65. The van der Waals surface area contributed by atoms with E-state index in [4.69, 9.17) is 0 Å². The fourth-order valence-electron chi connectivity index (χ4n) is 1.65. The lowest BCUT2D eigenvalue weighted by molar-refractivity contribution is -0.567. The van der Waals surface area contributed by atoms with E-state index in [9.17, 15) is 4.79 Å². The molecule has 1 aliphatic rings. The molecule has 4 nitrogen and oxygen atoms in total. The van der Waals surface area contributed by atoms with E-state index in [1.54, 1.807) is 6.20 Å². The molecule has 2 heterocycles. The molecule has 0 saturated carbocycles. The molecule has 0 N–H and O–H groups in total. The van der Waals surface area contributed by atoms with Crippen molar-refractivity contribution in [2.45, 2.75) is 19.5 Å². The minimum atomic E-state index is 0. The Labute approximate surface area is 95.2 Å². The molecule has 15 heavy (non-hydrogen) atoms. The van der Waals surface area contributed by atoms with E-state index >= 15 is 0 Å². The maximum absolute atomic E-state index is 11.3. The number of imidazole rings is 1. The van der Waals surface area contributed by atoms with Gasteiger partial charge in [0.25, 0.3) is 0 Å². The predicted molar refractivity (Wildman–Crippen MR) is 52.0 cm³/mol. The van der Waals surface area contributed by atoms with Crippen molar-refractivity contribution in [1.29, 1.82) is 0 Å². The molecule has 82 valence electrons. The standard InChI is InChI=1S/C10H14N3O.ClH/c1-2-11-6-7-12(8-11)9-13-5-3-4-10(13)14;/h2,6-8H,1,3-5,9H2;1H/q+1;/p-1. The monoisotopic (exact) mass is 227 g/mol. The van der Waals surface area contributed by atoms with Gasteiger partial charge in [0.1, 0.15) is 12.4 Å². The van der Waals surface area contributed by atoms with Gasteiger partial charge in [0.05, 0.1) is 6.20 Å². The lowest BCUT2D eigenvalue weighted by atomic mass is 10.4. The normalized spacial score (nSPS) is 15.2. The van der Waals surface area contributed by atoms with Crippen LogP contribution in [0.5, 0.6) is 0 Å². The number of amides is 1. The topological polar surface area (TPSA) is 29.1 Å². The zero-order valence-electron chi connectivity index (χ0n) is 8.47. The Bertz CT molecular complexity index is 361. The first-order valence-corrected chi connectivity index (χ1v) is 4.76. The Balaban J connectivity index is 0.00000112. The fraction of sp³-hybridized carbons (Fsp3) is 0.400. The van der Waals surface area contributed by atoms with E-state index in [0.29, 0.717) is 13.1 Å². The third kappa shape index (κ3) is 2.59. The van der Waals surface area contributed by atoms with E-state index < -0.39 is 0 Å². The molecule has 1 saturated heterocycles. The summed E-state index contributed by atoms with van der Waals surface area (Å²) in [6, 6.07) is 0. The number of carbonyl (C=O) groups is 1. The van der Waals surface area contributed by atoms with Crippen LogP contribution in [0.3, 0.4) is 0 Å². The van der Waals surface area contributed by atoms with Crippen molar-refractivity contribution < 1.29 is 21.8 Å². The number of carbonyl (C=O) groups excluding carboxylic acids is 1. The quantitative estimate of drug-likeness (QED) is 0.524. The second-order valence-corrected chi connectivity index (χ2v) is 3.46. The predicted octanol–water partition coefficient (Wildman–Crippen LogP) is -2.54. The maximum Gasteiger partial charge on any atom is 0.249 e. The first-order chi connectivity index (χ1) is 6.79. The van der Waals surface area contributed by atoms with Gasteiger partial charge < -0.3 is 17.3 Å². The van der Waals surface area contributed by atoms with Gasteiger partial charge in [0, 0.05) is 13.0 Å². The van der Waals surface area contributed by atoms with Gasteiger partial charge in [0.2, 0.25) is 12.2 Å². The highest BCUT2D eigenvalue weighted by molar-refractivity contribution is 5.77. The summed E-state index contributed by atoms with van der Waals surface area (Å²) in [5.41, 5.74) is 0. The van der Waals surface area contributed by atoms with Crippen LogP contribution >= 0.6 is 0 Å². The molecular weight excluding hydrogens is 214 g/mol. The summed E-state index contributed by atoms with van der Waals surface area (Å²) in [5, 5.41) is 0. The Morgan fingerprint density at radius 3 is 2.93 bits per heavy atom. The van der Waals surface area contributed by atoms with Crippen molar-refractivity contribution in [2.75, 3.05) is 6.54 Å². The number of hydrogen-bond donors (Lipinski definition) is 0. The molecule has 5 heteroatoms. The van der Waals surface area contributed by atoms with Gasteiger partial charge in [-0.3, -0.25) is 4.79 Å². The molecule has 0 aliphatic carbocycles. The first kappa shape index (κ1) is 11.8. The minimum absolute atomic E-state index is 0. The van der Waals surface area contributed by atoms with Gasteiger partial charge in [-0.05, 0) is 6.42 Å². The molecule has 1 fully saturated rings. The summed E-state index contributed by atoms with van der Waals surface area (Å²) in [4.78, 5) is 13.2. The average Bonchev–Trinajstić information content (AvgIpc) is 2.77. The van der Waals surface area contributed by atoms with Gasteiger partial charge in [-0.25, -0.2) is 9.13 Å². The Kier molecular flexibility index (Phi) is 3.91. The Morgan fingerprint density at radius 2 is 2.40 bits per heavy atom. The van der Waals surface area contributed by atoms with Gasteiger partial charge in [-0.15, -0.1) is 0 Å². The third-order valence-corrected chi connectivity index (χ3v) is 2.43. The van der Waals surface area contributed by atoms with Crippen molar-refractivity contribution in [1.82, 2.24) is 9.47 Å². The molecule has 0 atom stereocenters. The highest BCUT2D eigenvalue weighted by Crippen LogP contribution is 2.10. The van der Waals surface area contributed by atoms with E-state index in [-0.39, 0.29) is 18.3 Å². The molecule has 2 rings (SSSR count). The summed E-state index contributed by atoms with van der Waals surface area (Å²) < 4.78 is 3.84. The molecule has 1 aromatic rings. The molecule has 0 bridgehead atoms. The Morgan fingerprint density at radius 1 is 1.60 bits per heavy atom. The van der Waals surface area contributed by atoms with E-state index in [0.717, 1.165) is 13.0 Å². The van der Waals surface area contributed by atoms with Gasteiger partial charge in [-0.2, -0.15) is 0 Å². The largest absolute Gasteiger partial charge is 1.00 e. The summed E-state index contributed by atoms with van der Waals surface area (Å²) in [7, 11) is 0. The van der Waals surface area contributed by atoms with Crippen LogP contribution < -0.4 is 17.0 Å². The summed E-state index contributed by atoms with van der Waals surface area (Å²) in [5.74, 6) is 0.254. The van der Waals surface area contributed by atoms with Crippen LogP contribution in [-0.4, -0.2) is 21.9 Å². The first-order valence-electron chi connectivity index (χ1n) is 4.76. The van der Waals surface area contributed by atoms with Crippen molar-refractivity contribution in [3.8, 4) is 0 Å². The van der Waals surface area contributed by atoms with Crippen molar-refractivity contribution >= 4 is 12.1 Å². The van der Waals surface area contributed by atoms with Crippen molar-refractivity contribution in [3.05, 3.63) is 25.3 Å². The van der Waals surface area contributed by atoms with Crippen LogP contribution in [0.25, 0.3) is 6.20 Å². The van der Waals surface area contributed by atoms with Gasteiger partial charge >= 0.3 is 0 Å². The maximum atomic E-state index is 11.3. The lowest BCUT2D eigenvalue weighted by Gasteiger charge is -2.11. The van der Waals surface area contributed by atoms with Crippen LogP contribution in [0.4, 0.5) is 0 Å². The molecule has 0 radical (unpaired) electrons. The Hall–Kier alpha value is -1.29. The molecule has 1 aromatic heterocycles. The molecule has 0 unspecified atom stereocenters. The summed E-state index contributed by atoms with van der Waals surface area (Å²) >= 11 is 0. The van der Waals surface area contributed by atoms with Crippen LogP contribution in [0.1, 0.15) is 12.8 Å². The molecule has 0 spiro atoms. The van der Waals surface area contributed by atoms with Gasteiger partial charge in [0.15, 0.2) is 6.67 Å². The number of likely N-dealkylation sites (tertiary alicyclic amines) is 1. The molecule has 1 amide bonds. The second-order valence-electron chi connectivity index (χ2n) is 3.46. The number of rotatable bonds is 3. The van der Waals surface area contributed by atoms with Crippen molar-refractivity contribution in [3.63, 3.8) is 0 Å². The van der Waals surface area contributed by atoms with E-state index in [1.807, 2.05) is 32.8 Å². The number of nitrogens with zero attached hydrogens (tertiary/aromatic N) is 3. The minimum Gasteiger partial charge on any atom is -1.00 e. The number of aromatic nitrogens is 2. The summed E-state index contributed by atoms with van der Waals surface area (Å²) in [6.45, 7) is 5.19. The van der Waals surface area contributed by atoms with E-state index in [2.05, 4.69) is 6.58 Å². The smallest absolute Gasteiger partial charge is 0.249 e. The van der Waals surface area contributed by atoms with Gasteiger partial charge in [-0.1, -0.05) is 6.58 Å². The van der Waals surface area contributed by atoms with Crippen LogP contribution in [0, 0.1) is 0 Å². The highest BCUT2D eigenvalue weighted by atomic mass is 35.5. The molecule has 1 aliphatic heterocycles. The molecule has 0 aromatic carbocycles. The zero-order chi connectivity index (χ0) is 9.97. The second kappa shape index (κ2) is 4.98. The summed E-state index contributed by atoms with van der Waals surface area (Å²) in [6.07, 6.45) is 9.17. The number of halogens is 1. The third-order valence-electron chi connectivity index (χ3n) is 2.43. The lowest BCUT2D eigenvalue weighted by Crippen LogP contribution is -3.00. The van der Waals surface area contributed by atoms with Crippen LogP contribution in [-0.2, 0) is 11.5 Å². The van der Waals surface area contributed by atoms with Crippen LogP contribution in [0.2, 0.25) is 0 Å².